The molecule has 174 valence electrons. The number of Topliss-reactive ketones (excluding diaryl/α,β-unsaturated/α-hetero) is 1. The van der Waals surface area contributed by atoms with Gasteiger partial charge >= 0.3 is 5.69 Å². The van der Waals surface area contributed by atoms with Crippen LogP contribution in [0.2, 0.25) is 0 Å². The molecule has 0 fully saturated rings. The van der Waals surface area contributed by atoms with Gasteiger partial charge in [-0.15, -0.1) is 0 Å². The van der Waals surface area contributed by atoms with E-state index in [1.807, 2.05) is 54.9 Å². The summed E-state index contributed by atoms with van der Waals surface area (Å²) in [6.45, 7) is 1.31. The van der Waals surface area contributed by atoms with Crippen LogP contribution in [0.1, 0.15) is 34.6 Å². The molecule has 6 rings (SSSR count). The number of aromatic nitrogens is 6. The second kappa shape index (κ2) is 8.79. The van der Waals surface area contributed by atoms with Crippen LogP contribution in [-0.4, -0.2) is 34.9 Å². The monoisotopic (exact) mass is 464 g/mol. The lowest BCUT2D eigenvalue weighted by Gasteiger charge is -2.22. The number of aryl methyl sites for hydroxylation is 1. The molecule has 1 atom stereocenters. The zero-order chi connectivity index (χ0) is 23.8. The summed E-state index contributed by atoms with van der Waals surface area (Å²) in [4.78, 5) is 41.6. The first-order valence-corrected chi connectivity index (χ1v) is 11.7. The van der Waals surface area contributed by atoms with Gasteiger partial charge in [0.2, 0.25) is 0 Å². The molecule has 1 aromatic carbocycles. The summed E-state index contributed by atoms with van der Waals surface area (Å²) in [5, 5.41) is 0. The maximum absolute atomic E-state index is 13.1. The molecule has 1 unspecified atom stereocenters. The zero-order valence-corrected chi connectivity index (χ0v) is 19.1. The third-order valence-electron chi connectivity index (χ3n) is 6.74. The van der Waals surface area contributed by atoms with Gasteiger partial charge in [-0.25, -0.2) is 14.8 Å². The van der Waals surface area contributed by atoms with Crippen molar-refractivity contribution in [2.45, 2.75) is 32.4 Å². The molecule has 0 amide bonds. The maximum Gasteiger partial charge on any atom is 0.327 e. The van der Waals surface area contributed by atoms with Gasteiger partial charge in [-0.05, 0) is 41.7 Å². The van der Waals surface area contributed by atoms with E-state index in [2.05, 4.69) is 24.5 Å². The van der Waals surface area contributed by atoms with Gasteiger partial charge in [0.1, 0.15) is 5.82 Å². The predicted octanol–water partition coefficient (Wildman–Crippen LogP) is 3.87. The number of H-pyrrole nitrogens is 1. The second-order valence-electron chi connectivity index (χ2n) is 9.07. The Morgan fingerprint density at radius 1 is 1.06 bits per heavy atom. The van der Waals surface area contributed by atoms with Crippen LogP contribution in [0.25, 0.3) is 22.3 Å². The number of imidazole rings is 2. The van der Waals surface area contributed by atoms with E-state index in [0.29, 0.717) is 35.6 Å². The number of nitrogens with one attached hydrogen (secondary N) is 1. The molecule has 1 N–H and O–H groups in total. The molecule has 8 nitrogen and oxygen atoms in total. The molecule has 0 radical (unpaired) electrons. The SMILES string of the molecule is O=C(CC1CCn2ccnc2C1)c1cccc(-c2cnc3[nH]c(=O)n(Cc4cccnc4)c3c2)c1. The van der Waals surface area contributed by atoms with Gasteiger partial charge in [0.05, 0.1) is 12.1 Å². The van der Waals surface area contributed by atoms with Gasteiger partial charge in [0, 0.05) is 61.5 Å². The number of carbonyl (C=O) groups excluding carboxylic acids is 1. The van der Waals surface area contributed by atoms with Crippen molar-refractivity contribution < 1.29 is 4.79 Å². The fraction of sp³-hybridized carbons (Fsp3) is 0.222. The summed E-state index contributed by atoms with van der Waals surface area (Å²) >= 11 is 0. The Kier molecular flexibility index (Phi) is 5.33. The van der Waals surface area contributed by atoms with Crippen molar-refractivity contribution in [3.63, 3.8) is 0 Å². The fourth-order valence-electron chi connectivity index (χ4n) is 4.86. The third kappa shape index (κ3) is 4.19. The largest absolute Gasteiger partial charge is 0.335 e. The van der Waals surface area contributed by atoms with Crippen molar-refractivity contribution in [2.75, 3.05) is 0 Å². The van der Waals surface area contributed by atoms with E-state index in [0.717, 1.165) is 41.9 Å². The number of aromatic amines is 1. The number of ketones is 1. The molecule has 1 aliphatic rings. The number of hydrogen-bond donors (Lipinski definition) is 1. The lowest BCUT2D eigenvalue weighted by atomic mass is 9.90. The van der Waals surface area contributed by atoms with E-state index in [4.69, 9.17) is 0 Å². The maximum atomic E-state index is 13.1. The molecule has 8 heteroatoms. The minimum absolute atomic E-state index is 0.140. The van der Waals surface area contributed by atoms with Crippen LogP contribution in [0, 0.1) is 5.92 Å². The first-order chi connectivity index (χ1) is 17.1. The topological polar surface area (TPSA) is 98.5 Å². The molecule has 5 aromatic rings. The van der Waals surface area contributed by atoms with Crippen LogP contribution >= 0.6 is 0 Å². The van der Waals surface area contributed by atoms with Crippen LogP contribution in [0.3, 0.4) is 0 Å². The number of pyridine rings is 2. The molecule has 0 saturated carbocycles. The first kappa shape index (κ1) is 21.2. The van der Waals surface area contributed by atoms with Gasteiger partial charge in [0.25, 0.3) is 0 Å². The summed E-state index contributed by atoms with van der Waals surface area (Å²) < 4.78 is 3.82. The third-order valence-corrected chi connectivity index (χ3v) is 6.74. The summed E-state index contributed by atoms with van der Waals surface area (Å²) in [5.41, 5.74) is 4.40. The molecule has 35 heavy (non-hydrogen) atoms. The number of hydrogen-bond acceptors (Lipinski definition) is 5. The van der Waals surface area contributed by atoms with Gasteiger partial charge in [-0.1, -0.05) is 24.3 Å². The van der Waals surface area contributed by atoms with Gasteiger partial charge in [-0.3, -0.25) is 19.3 Å². The van der Waals surface area contributed by atoms with Gasteiger partial charge in [-0.2, -0.15) is 0 Å². The minimum Gasteiger partial charge on any atom is -0.335 e. The molecular formula is C27H24N6O2. The van der Waals surface area contributed by atoms with Crippen molar-refractivity contribution >= 4 is 16.9 Å². The van der Waals surface area contributed by atoms with Crippen LogP contribution in [-0.2, 0) is 19.5 Å². The Labute approximate surface area is 201 Å². The molecular weight excluding hydrogens is 440 g/mol. The average Bonchev–Trinajstić information content (AvgIpc) is 3.48. The summed E-state index contributed by atoms with van der Waals surface area (Å²) in [7, 11) is 0. The molecule has 4 aromatic heterocycles. The number of rotatable bonds is 6. The highest BCUT2D eigenvalue weighted by Crippen LogP contribution is 2.26. The lowest BCUT2D eigenvalue weighted by molar-refractivity contribution is 0.0953. The second-order valence-corrected chi connectivity index (χ2v) is 9.07. The number of carbonyl (C=O) groups is 1. The van der Waals surface area contributed by atoms with Crippen molar-refractivity contribution in [1.29, 1.82) is 0 Å². The summed E-state index contributed by atoms with van der Waals surface area (Å²) in [6.07, 6.45) is 11.3. The van der Waals surface area contributed by atoms with Crippen molar-refractivity contribution in [1.82, 2.24) is 29.1 Å². The van der Waals surface area contributed by atoms with Crippen LogP contribution in [0.15, 0.2) is 78.2 Å². The van der Waals surface area contributed by atoms with E-state index >= 15 is 0 Å². The summed E-state index contributed by atoms with van der Waals surface area (Å²) in [6, 6.07) is 13.4. The standard InChI is InChI=1S/C27H24N6O2/c34-24(11-18-6-9-32-10-8-29-25(32)12-18)21-5-1-4-20(13-21)22-14-23-26(30-16-22)31-27(35)33(23)17-19-3-2-7-28-15-19/h1-5,7-8,10,13-16,18H,6,9,11-12,17H2,(H,30,31,35). The highest BCUT2D eigenvalue weighted by molar-refractivity contribution is 5.97. The van der Waals surface area contributed by atoms with E-state index in [-0.39, 0.29) is 11.5 Å². The van der Waals surface area contributed by atoms with Crippen LogP contribution in [0.4, 0.5) is 0 Å². The normalized spacial score (nSPS) is 15.3. The van der Waals surface area contributed by atoms with E-state index < -0.39 is 0 Å². The Bertz CT molecular complexity index is 1580. The van der Waals surface area contributed by atoms with E-state index in [1.165, 1.54) is 0 Å². The lowest BCUT2D eigenvalue weighted by Crippen LogP contribution is -2.21. The highest BCUT2D eigenvalue weighted by atomic mass is 16.1. The minimum atomic E-state index is -0.217. The quantitative estimate of drug-likeness (QED) is 0.385. The molecule has 1 aliphatic heterocycles. The summed E-state index contributed by atoms with van der Waals surface area (Å²) in [5.74, 6) is 1.51. The number of benzene rings is 1. The smallest absolute Gasteiger partial charge is 0.327 e. The molecule has 0 saturated heterocycles. The number of fused-ring (bicyclic) bond motifs is 2. The fourth-order valence-corrected chi connectivity index (χ4v) is 4.86. The molecule has 0 spiro atoms. The Morgan fingerprint density at radius 2 is 2.00 bits per heavy atom. The van der Waals surface area contributed by atoms with E-state index in [9.17, 15) is 9.59 Å². The Morgan fingerprint density at radius 3 is 2.89 bits per heavy atom. The highest BCUT2D eigenvalue weighted by Gasteiger charge is 2.22. The predicted molar refractivity (Wildman–Crippen MR) is 132 cm³/mol. The van der Waals surface area contributed by atoms with E-state index in [1.54, 1.807) is 23.2 Å². The van der Waals surface area contributed by atoms with Crippen molar-refractivity contribution in [3.8, 4) is 11.1 Å². The number of nitrogens with zero attached hydrogens (tertiary/aromatic N) is 5. The molecule has 0 aliphatic carbocycles. The molecule has 0 bridgehead atoms. The van der Waals surface area contributed by atoms with Crippen LogP contribution < -0.4 is 5.69 Å². The molecule has 5 heterocycles. The van der Waals surface area contributed by atoms with Gasteiger partial charge in [0.15, 0.2) is 11.4 Å². The van der Waals surface area contributed by atoms with Crippen LogP contribution in [0.5, 0.6) is 0 Å². The van der Waals surface area contributed by atoms with Crippen molar-refractivity contribution in [3.05, 3.63) is 101 Å². The Balaban J connectivity index is 1.26. The average molecular weight is 465 g/mol. The Hall–Kier alpha value is -4.33. The van der Waals surface area contributed by atoms with Gasteiger partial charge < -0.3 is 4.57 Å². The first-order valence-electron chi connectivity index (χ1n) is 11.7. The van der Waals surface area contributed by atoms with Crippen molar-refractivity contribution in [2.24, 2.45) is 5.92 Å². The zero-order valence-electron chi connectivity index (χ0n) is 19.1.